The van der Waals surface area contributed by atoms with E-state index in [9.17, 15) is 18.3 Å². The lowest BCUT2D eigenvalue weighted by molar-refractivity contribution is -0.129. The van der Waals surface area contributed by atoms with Gasteiger partial charge in [-0.3, -0.25) is 9.52 Å². The topological polar surface area (TPSA) is 99.6 Å². The van der Waals surface area contributed by atoms with E-state index < -0.39 is 16.1 Å². The SMILES string of the molecule is CS(=O)(=O)Nc1nc(CC(=O)N2CC[C@@H](O)C2)cs1. The van der Waals surface area contributed by atoms with Crippen molar-refractivity contribution in [1.82, 2.24) is 9.88 Å². The van der Waals surface area contributed by atoms with Crippen molar-refractivity contribution in [2.24, 2.45) is 0 Å². The van der Waals surface area contributed by atoms with Gasteiger partial charge in [-0.1, -0.05) is 0 Å². The Morgan fingerprint density at radius 2 is 2.42 bits per heavy atom. The largest absolute Gasteiger partial charge is 0.391 e. The molecule has 1 aliphatic heterocycles. The molecule has 1 saturated heterocycles. The number of β-amino-alcohol motifs (C(OH)–C–C–N with tert-alkyl or cyclic N) is 1. The van der Waals surface area contributed by atoms with Crippen LogP contribution in [0.15, 0.2) is 5.38 Å². The number of hydrogen-bond acceptors (Lipinski definition) is 6. The Morgan fingerprint density at radius 3 is 3.00 bits per heavy atom. The van der Waals surface area contributed by atoms with Crippen LogP contribution >= 0.6 is 11.3 Å². The number of nitrogens with zero attached hydrogens (tertiary/aromatic N) is 2. The molecule has 2 N–H and O–H groups in total. The third-order valence-corrected chi connectivity index (χ3v) is 4.17. The monoisotopic (exact) mass is 305 g/mol. The summed E-state index contributed by atoms with van der Waals surface area (Å²) < 4.78 is 24.3. The van der Waals surface area contributed by atoms with Crippen LogP contribution in [0.5, 0.6) is 0 Å². The Labute approximate surface area is 115 Å². The molecule has 0 saturated carbocycles. The summed E-state index contributed by atoms with van der Waals surface area (Å²) in [6.45, 7) is 0.913. The van der Waals surface area contributed by atoms with Crippen molar-refractivity contribution in [2.45, 2.75) is 18.9 Å². The minimum atomic E-state index is -3.35. The van der Waals surface area contributed by atoms with Crippen molar-refractivity contribution in [1.29, 1.82) is 0 Å². The summed E-state index contributed by atoms with van der Waals surface area (Å²) in [6.07, 6.45) is 1.32. The maximum atomic E-state index is 11.9. The van der Waals surface area contributed by atoms with Gasteiger partial charge in [0.25, 0.3) is 0 Å². The fourth-order valence-corrected chi connectivity index (χ4v) is 3.39. The molecule has 1 fully saturated rings. The summed E-state index contributed by atoms with van der Waals surface area (Å²) in [5.74, 6) is -0.104. The van der Waals surface area contributed by atoms with Crippen LogP contribution in [0.4, 0.5) is 5.13 Å². The Balaban J connectivity index is 1.94. The number of carbonyl (C=O) groups is 1. The third-order valence-electron chi connectivity index (χ3n) is 2.67. The van der Waals surface area contributed by atoms with Crippen molar-refractivity contribution in [2.75, 3.05) is 24.1 Å². The Bertz CT molecular complexity index is 569. The van der Waals surface area contributed by atoms with Crippen LogP contribution in [0.2, 0.25) is 0 Å². The highest BCUT2D eigenvalue weighted by Crippen LogP contribution is 2.18. The van der Waals surface area contributed by atoms with Gasteiger partial charge in [-0.2, -0.15) is 0 Å². The number of carbonyl (C=O) groups excluding carboxylic acids is 1. The van der Waals surface area contributed by atoms with Crippen LogP contribution < -0.4 is 4.72 Å². The molecular formula is C10H15N3O4S2. The lowest BCUT2D eigenvalue weighted by Gasteiger charge is -2.14. The van der Waals surface area contributed by atoms with E-state index in [1.54, 1.807) is 10.3 Å². The molecule has 7 nitrogen and oxygen atoms in total. The van der Waals surface area contributed by atoms with E-state index >= 15 is 0 Å². The molecule has 1 aromatic heterocycles. The van der Waals surface area contributed by atoms with Gasteiger partial charge in [0.2, 0.25) is 15.9 Å². The van der Waals surface area contributed by atoms with E-state index in [0.717, 1.165) is 17.6 Å². The molecule has 0 aromatic carbocycles. The van der Waals surface area contributed by atoms with Crippen LogP contribution in [0, 0.1) is 0 Å². The minimum absolute atomic E-state index is 0.104. The van der Waals surface area contributed by atoms with Gasteiger partial charge in [0.15, 0.2) is 5.13 Å². The summed E-state index contributed by atoms with van der Waals surface area (Å²) in [5.41, 5.74) is 0.530. The van der Waals surface area contributed by atoms with Crippen molar-refractivity contribution >= 4 is 32.4 Å². The third kappa shape index (κ3) is 4.15. The number of amides is 1. The molecule has 9 heteroatoms. The average Bonchev–Trinajstić information content (AvgIpc) is 2.85. The molecule has 1 aromatic rings. The van der Waals surface area contributed by atoms with Crippen LogP contribution in [0.25, 0.3) is 0 Å². The Kier molecular flexibility index (Phi) is 4.07. The maximum Gasteiger partial charge on any atom is 0.231 e. The molecule has 0 spiro atoms. The second-order valence-corrected chi connectivity index (χ2v) is 7.08. The van der Waals surface area contributed by atoms with Gasteiger partial charge in [-0.05, 0) is 6.42 Å². The second-order valence-electron chi connectivity index (χ2n) is 4.48. The summed E-state index contributed by atoms with van der Waals surface area (Å²) in [6, 6.07) is 0. The van der Waals surface area contributed by atoms with Gasteiger partial charge in [-0.15, -0.1) is 11.3 Å². The van der Waals surface area contributed by atoms with E-state index in [-0.39, 0.29) is 17.5 Å². The van der Waals surface area contributed by atoms with Gasteiger partial charge in [-0.25, -0.2) is 13.4 Å². The molecule has 0 aliphatic carbocycles. The molecule has 19 heavy (non-hydrogen) atoms. The smallest absolute Gasteiger partial charge is 0.231 e. The highest BCUT2D eigenvalue weighted by molar-refractivity contribution is 7.92. The fraction of sp³-hybridized carbons (Fsp3) is 0.600. The molecule has 1 amide bonds. The van der Waals surface area contributed by atoms with Gasteiger partial charge in [0.05, 0.1) is 24.5 Å². The summed E-state index contributed by atoms with van der Waals surface area (Å²) in [4.78, 5) is 17.5. The van der Waals surface area contributed by atoms with Crippen molar-refractivity contribution in [3.63, 3.8) is 0 Å². The van der Waals surface area contributed by atoms with Crippen molar-refractivity contribution in [3.8, 4) is 0 Å². The molecule has 1 aliphatic rings. The first-order chi connectivity index (χ1) is 8.83. The van der Waals surface area contributed by atoms with Crippen LogP contribution in [0.1, 0.15) is 12.1 Å². The number of sulfonamides is 1. The molecule has 0 unspecified atom stereocenters. The van der Waals surface area contributed by atoms with Gasteiger partial charge < -0.3 is 10.0 Å². The van der Waals surface area contributed by atoms with Crippen LogP contribution in [0.3, 0.4) is 0 Å². The zero-order valence-electron chi connectivity index (χ0n) is 10.4. The number of aliphatic hydroxyl groups excluding tert-OH is 1. The Hall–Kier alpha value is -1.19. The van der Waals surface area contributed by atoms with Crippen molar-refractivity contribution in [3.05, 3.63) is 11.1 Å². The van der Waals surface area contributed by atoms with E-state index in [0.29, 0.717) is 25.2 Å². The number of rotatable bonds is 4. The summed E-state index contributed by atoms with van der Waals surface area (Å²) in [5, 5.41) is 11.3. The zero-order valence-corrected chi connectivity index (χ0v) is 12.0. The number of aliphatic hydroxyl groups is 1. The van der Waals surface area contributed by atoms with E-state index in [1.165, 1.54) is 0 Å². The number of hydrogen-bond donors (Lipinski definition) is 2. The molecular weight excluding hydrogens is 290 g/mol. The first-order valence-electron chi connectivity index (χ1n) is 5.71. The number of anilines is 1. The average molecular weight is 305 g/mol. The van der Waals surface area contributed by atoms with Gasteiger partial charge in [0, 0.05) is 18.5 Å². The van der Waals surface area contributed by atoms with E-state index in [4.69, 9.17) is 0 Å². The molecule has 0 bridgehead atoms. The molecule has 106 valence electrons. The molecule has 1 atom stereocenters. The summed E-state index contributed by atoms with van der Waals surface area (Å²) >= 11 is 1.14. The lowest BCUT2D eigenvalue weighted by atomic mass is 10.3. The van der Waals surface area contributed by atoms with Crippen LogP contribution in [-0.4, -0.2) is 54.8 Å². The van der Waals surface area contributed by atoms with E-state index in [1.807, 2.05) is 0 Å². The fourth-order valence-electron chi connectivity index (χ4n) is 1.83. The predicted molar refractivity (Wildman–Crippen MR) is 71.5 cm³/mol. The molecule has 2 rings (SSSR count). The summed E-state index contributed by atoms with van der Waals surface area (Å²) in [7, 11) is -3.35. The number of likely N-dealkylation sites (tertiary alicyclic amines) is 1. The molecule has 2 heterocycles. The zero-order chi connectivity index (χ0) is 14.0. The normalized spacial score (nSPS) is 19.7. The molecule has 0 radical (unpaired) electrons. The number of nitrogens with one attached hydrogen (secondary N) is 1. The first kappa shape index (κ1) is 14.2. The maximum absolute atomic E-state index is 11.9. The quantitative estimate of drug-likeness (QED) is 0.792. The number of thiazole rings is 1. The highest BCUT2D eigenvalue weighted by atomic mass is 32.2. The van der Waals surface area contributed by atoms with Crippen LogP contribution in [-0.2, 0) is 21.2 Å². The minimum Gasteiger partial charge on any atom is -0.391 e. The number of aromatic nitrogens is 1. The van der Waals surface area contributed by atoms with Crippen molar-refractivity contribution < 1.29 is 18.3 Å². The predicted octanol–water partition coefficient (Wildman–Crippen LogP) is -0.350. The second kappa shape index (κ2) is 5.43. The van der Waals surface area contributed by atoms with Gasteiger partial charge >= 0.3 is 0 Å². The first-order valence-corrected chi connectivity index (χ1v) is 8.48. The Morgan fingerprint density at radius 1 is 1.68 bits per heavy atom. The van der Waals surface area contributed by atoms with Gasteiger partial charge in [0.1, 0.15) is 0 Å². The highest BCUT2D eigenvalue weighted by Gasteiger charge is 2.24. The van der Waals surface area contributed by atoms with E-state index in [2.05, 4.69) is 9.71 Å². The standard InChI is InChI=1S/C10H15N3O4S2/c1-19(16,17)12-10-11-7(6-18-10)4-9(15)13-3-2-8(14)5-13/h6,8,14H,2-5H2,1H3,(H,11,12)/t8-/m1/s1. The lowest BCUT2D eigenvalue weighted by Crippen LogP contribution is -2.30.